The molecule has 162 valence electrons. The third-order valence-electron chi connectivity index (χ3n) is 6.08. The summed E-state index contributed by atoms with van der Waals surface area (Å²) in [5.74, 6) is 0.164. The first kappa shape index (κ1) is 21.8. The molecule has 4 rings (SSSR count). The fourth-order valence-corrected chi connectivity index (χ4v) is 5.12. The van der Waals surface area contributed by atoms with Crippen molar-refractivity contribution in [3.63, 3.8) is 0 Å². The van der Waals surface area contributed by atoms with Crippen LogP contribution in [0.3, 0.4) is 0 Å². The number of halogens is 1. The number of unbranched alkanes of at least 4 members (excludes halogenated alkanes) is 1. The van der Waals surface area contributed by atoms with Crippen molar-refractivity contribution in [2.24, 2.45) is 5.41 Å². The van der Waals surface area contributed by atoms with Crippen molar-refractivity contribution in [1.82, 2.24) is 0 Å². The van der Waals surface area contributed by atoms with Crippen LogP contribution in [0.4, 0.5) is 11.4 Å². The molecule has 1 heterocycles. The molecule has 1 N–H and O–H groups in total. The number of nitrogens with zero attached hydrogens (tertiary/aromatic N) is 1. The van der Waals surface area contributed by atoms with Crippen LogP contribution in [0.1, 0.15) is 64.5 Å². The second kappa shape index (κ2) is 8.62. The zero-order valence-electron chi connectivity index (χ0n) is 18.4. The molecule has 31 heavy (non-hydrogen) atoms. The summed E-state index contributed by atoms with van der Waals surface area (Å²) in [7, 11) is 0. The van der Waals surface area contributed by atoms with Gasteiger partial charge in [0.25, 0.3) is 0 Å². The molecule has 2 aliphatic rings. The Kier molecular flexibility index (Phi) is 6.07. The van der Waals surface area contributed by atoms with Gasteiger partial charge in [0, 0.05) is 28.6 Å². The summed E-state index contributed by atoms with van der Waals surface area (Å²) in [5.41, 5.74) is 4.18. The van der Waals surface area contributed by atoms with Gasteiger partial charge in [-0.25, -0.2) is 0 Å². The van der Waals surface area contributed by atoms with Gasteiger partial charge in [-0.05, 0) is 48.1 Å². The van der Waals surface area contributed by atoms with E-state index in [2.05, 4.69) is 42.0 Å². The summed E-state index contributed by atoms with van der Waals surface area (Å²) in [4.78, 5) is 29.0. The number of anilines is 2. The molecule has 0 fully saturated rings. The third kappa shape index (κ3) is 4.33. The lowest BCUT2D eigenvalue weighted by molar-refractivity contribution is -0.119. The fourth-order valence-electron chi connectivity index (χ4n) is 4.70. The second-order valence-electron chi connectivity index (χ2n) is 9.30. The van der Waals surface area contributed by atoms with Gasteiger partial charge in [0.2, 0.25) is 5.91 Å². The topological polar surface area (TPSA) is 49.4 Å². The SMILES string of the molecule is CCCCC(=O)N1c2ccccc2NC2=C(C(=O)CC(C)(C)C2)[C@@H]1c1cccc(Br)c1. The maximum Gasteiger partial charge on any atom is 0.227 e. The van der Waals surface area contributed by atoms with Gasteiger partial charge < -0.3 is 5.32 Å². The number of benzene rings is 2. The molecule has 1 atom stereocenters. The van der Waals surface area contributed by atoms with Crippen LogP contribution in [-0.2, 0) is 9.59 Å². The normalized spacial score (nSPS) is 19.9. The summed E-state index contributed by atoms with van der Waals surface area (Å²) in [6, 6.07) is 15.4. The molecule has 2 aromatic carbocycles. The lowest BCUT2D eigenvalue weighted by atomic mass is 9.73. The molecule has 0 bridgehead atoms. The van der Waals surface area contributed by atoms with Crippen molar-refractivity contribution < 1.29 is 9.59 Å². The maximum absolute atomic E-state index is 13.6. The molecule has 1 aliphatic heterocycles. The monoisotopic (exact) mass is 480 g/mol. The zero-order valence-corrected chi connectivity index (χ0v) is 20.0. The zero-order chi connectivity index (χ0) is 22.2. The van der Waals surface area contributed by atoms with Gasteiger partial charge in [0.15, 0.2) is 5.78 Å². The van der Waals surface area contributed by atoms with Crippen molar-refractivity contribution in [2.75, 3.05) is 10.2 Å². The van der Waals surface area contributed by atoms with Crippen LogP contribution in [0.5, 0.6) is 0 Å². The first-order valence-electron chi connectivity index (χ1n) is 11.0. The van der Waals surface area contributed by atoms with Gasteiger partial charge in [-0.3, -0.25) is 14.5 Å². The van der Waals surface area contributed by atoms with E-state index in [1.165, 1.54) is 0 Å². The van der Waals surface area contributed by atoms with Crippen LogP contribution in [0.2, 0.25) is 0 Å². The molecule has 5 heteroatoms. The number of Topliss-reactive ketones (excluding diaryl/α,β-unsaturated/α-hetero) is 1. The van der Waals surface area contributed by atoms with E-state index in [-0.39, 0.29) is 17.1 Å². The third-order valence-corrected chi connectivity index (χ3v) is 6.57. The average Bonchev–Trinajstić information content (AvgIpc) is 2.85. The molecule has 0 spiro atoms. The highest BCUT2D eigenvalue weighted by Crippen LogP contribution is 2.48. The van der Waals surface area contributed by atoms with E-state index in [9.17, 15) is 9.59 Å². The standard InChI is InChI=1S/C26H29BrN2O2/c1-4-5-13-23(31)29-21-12-7-6-11-19(21)28-20-15-26(2,3)16-22(30)24(20)25(29)17-9-8-10-18(27)14-17/h6-12,14,25,28H,4-5,13,15-16H2,1-3H3/t25-/m0/s1. The van der Waals surface area contributed by atoms with Crippen molar-refractivity contribution in [3.05, 3.63) is 69.8 Å². The quantitative estimate of drug-likeness (QED) is 0.524. The number of fused-ring (bicyclic) bond motifs is 1. The molecule has 1 aliphatic carbocycles. The van der Waals surface area contributed by atoms with Crippen LogP contribution < -0.4 is 10.2 Å². The number of para-hydroxylation sites is 2. The van der Waals surface area contributed by atoms with E-state index >= 15 is 0 Å². The fraction of sp³-hybridized carbons (Fsp3) is 0.385. The number of hydrogen-bond acceptors (Lipinski definition) is 3. The largest absolute Gasteiger partial charge is 0.357 e. The molecule has 0 saturated carbocycles. The van der Waals surface area contributed by atoms with E-state index in [1.807, 2.05) is 53.4 Å². The van der Waals surface area contributed by atoms with E-state index in [1.54, 1.807) is 0 Å². The average molecular weight is 481 g/mol. The number of carbonyl (C=O) groups is 2. The minimum atomic E-state index is -0.448. The van der Waals surface area contributed by atoms with Crippen LogP contribution in [0, 0.1) is 5.41 Å². The number of hydrogen-bond donors (Lipinski definition) is 1. The Morgan fingerprint density at radius 2 is 1.94 bits per heavy atom. The van der Waals surface area contributed by atoms with Gasteiger partial charge in [-0.2, -0.15) is 0 Å². The minimum Gasteiger partial charge on any atom is -0.357 e. The number of nitrogens with one attached hydrogen (secondary N) is 1. The first-order valence-corrected chi connectivity index (χ1v) is 11.8. The maximum atomic E-state index is 13.6. The van der Waals surface area contributed by atoms with Gasteiger partial charge >= 0.3 is 0 Å². The number of ketones is 1. The highest BCUT2D eigenvalue weighted by atomic mass is 79.9. The summed E-state index contributed by atoms with van der Waals surface area (Å²) < 4.78 is 0.933. The van der Waals surface area contributed by atoms with Crippen molar-refractivity contribution >= 4 is 39.0 Å². The molecular weight excluding hydrogens is 452 g/mol. The Balaban J connectivity index is 1.97. The Morgan fingerprint density at radius 1 is 1.16 bits per heavy atom. The molecule has 4 nitrogen and oxygen atoms in total. The molecule has 0 radical (unpaired) electrons. The van der Waals surface area contributed by atoms with E-state index < -0.39 is 6.04 Å². The smallest absolute Gasteiger partial charge is 0.227 e. The number of allylic oxidation sites excluding steroid dienone is 1. The van der Waals surface area contributed by atoms with Crippen molar-refractivity contribution in [2.45, 2.75) is 58.9 Å². The molecule has 2 aromatic rings. The van der Waals surface area contributed by atoms with Crippen LogP contribution in [-0.4, -0.2) is 11.7 Å². The number of amides is 1. The first-order chi connectivity index (χ1) is 14.8. The van der Waals surface area contributed by atoms with Crippen molar-refractivity contribution in [3.8, 4) is 0 Å². The Hall–Kier alpha value is -2.40. The Bertz CT molecular complexity index is 1060. The number of carbonyl (C=O) groups excluding carboxylic acids is 2. The predicted octanol–water partition coefficient (Wildman–Crippen LogP) is 6.78. The minimum absolute atomic E-state index is 0.0486. The van der Waals surface area contributed by atoms with Crippen LogP contribution in [0.25, 0.3) is 0 Å². The van der Waals surface area contributed by atoms with E-state index in [4.69, 9.17) is 0 Å². The second-order valence-corrected chi connectivity index (χ2v) is 10.2. The highest BCUT2D eigenvalue weighted by molar-refractivity contribution is 9.10. The Morgan fingerprint density at radius 3 is 2.68 bits per heavy atom. The summed E-state index contributed by atoms with van der Waals surface area (Å²) in [6.07, 6.45) is 3.47. The summed E-state index contributed by atoms with van der Waals surface area (Å²) in [5, 5.41) is 3.56. The van der Waals surface area contributed by atoms with E-state index in [0.717, 1.165) is 51.9 Å². The van der Waals surface area contributed by atoms with Gasteiger partial charge in [0.1, 0.15) is 0 Å². The molecule has 0 aromatic heterocycles. The van der Waals surface area contributed by atoms with Gasteiger partial charge in [-0.15, -0.1) is 0 Å². The highest BCUT2D eigenvalue weighted by Gasteiger charge is 2.43. The molecule has 1 amide bonds. The molecule has 0 unspecified atom stereocenters. The lowest BCUT2D eigenvalue weighted by Crippen LogP contribution is -2.39. The van der Waals surface area contributed by atoms with E-state index in [0.29, 0.717) is 12.8 Å². The Labute approximate surface area is 192 Å². The molecule has 0 saturated heterocycles. The van der Waals surface area contributed by atoms with Gasteiger partial charge in [-0.1, -0.05) is 67.4 Å². The summed E-state index contributed by atoms with van der Waals surface area (Å²) >= 11 is 3.58. The predicted molar refractivity (Wildman–Crippen MR) is 129 cm³/mol. The van der Waals surface area contributed by atoms with Crippen LogP contribution >= 0.6 is 15.9 Å². The van der Waals surface area contributed by atoms with Crippen LogP contribution in [0.15, 0.2) is 64.3 Å². The molecular formula is C26H29BrN2O2. The van der Waals surface area contributed by atoms with Gasteiger partial charge in [0.05, 0.1) is 17.4 Å². The lowest BCUT2D eigenvalue weighted by Gasteiger charge is -2.37. The van der Waals surface area contributed by atoms with Crippen molar-refractivity contribution in [1.29, 1.82) is 0 Å². The summed E-state index contributed by atoms with van der Waals surface area (Å²) in [6.45, 7) is 6.35. The number of rotatable bonds is 4.